The van der Waals surface area contributed by atoms with Gasteiger partial charge in [0.05, 0.1) is 4.90 Å². The number of nitrogens with one attached hydrogen (secondary N) is 2. The van der Waals surface area contributed by atoms with Crippen LogP contribution in [0.1, 0.15) is 21.5 Å². The summed E-state index contributed by atoms with van der Waals surface area (Å²) in [6.45, 7) is 2.54. The van der Waals surface area contributed by atoms with Gasteiger partial charge in [0.2, 0.25) is 0 Å². The van der Waals surface area contributed by atoms with E-state index < -0.39 is 10.0 Å². The molecule has 2 N–H and O–H groups in total. The molecule has 3 aromatic rings. The van der Waals surface area contributed by atoms with Crippen LogP contribution in [-0.2, 0) is 16.4 Å². The Bertz CT molecular complexity index is 1060. The Morgan fingerprint density at radius 2 is 1.61 bits per heavy atom. The van der Waals surface area contributed by atoms with E-state index in [1.54, 1.807) is 36.4 Å². The largest absolute Gasteiger partial charge is 0.352 e. The lowest BCUT2D eigenvalue weighted by Crippen LogP contribution is -2.26. The zero-order valence-electron chi connectivity index (χ0n) is 15.6. The molecule has 0 saturated carbocycles. The third-order valence-corrected chi connectivity index (χ3v) is 5.77. The highest BCUT2D eigenvalue weighted by molar-refractivity contribution is 7.92. The Labute approximate surface area is 165 Å². The maximum atomic E-state index is 12.4. The van der Waals surface area contributed by atoms with Crippen LogP contribution in [0.25, 0.3) is 0 Å². The van der Waals surface area contributed by atoms with Crippen LogP contribution in [0.5, 0.6) is 0 Å². The molecule has 0 aliphatic heterocycles. The van der Waals surface area contributed by atoms with Crippen molar-refractivity contribution in [3.63, 3.8) is 0 Å². The maximum absolute atomic E-state index is 12.4. The first kappa shape index (κ1) is 19.6. The Kier molecular flexibility index (Phi) is 6.11. The Morgan fingerprint density at radius 1 is 0.893 bits per heavy atom. The van der Waals surface area contributed by atoms with Gasteiger partial charge in [0.15, 0.2) is 0 Å². The van der Waals surface area contributed by atoms with Crippen LogP contribution < -0.4 is 10.0 Å². The first-order chi connectivity index (χ1) is 13.5. The first-order valence-corrected chi connectivity index (χ1v) is 10.4. The van der Waals surface area contributed by atoms with Crippen LogP contribution in [0.15, 0.2) is 83.8 Å². The SMILES string of the molecule is Cc1ccccc1CCNC(=O)c1cccc(NS(=O)(=O)c2ccccc2)c1. The van der Waals surface area contributed by atoms with Gasteiger partial charge in [-0.1, -0.05) is 48.5 Å². The van der Waals surface area contributed by atoms with Gasteiger partial charge < -0.3 is 5.32 Å². The average Bonchev–Trinajstić information content (AvgIpc) is 2.70. The molecule has 0 fully saturated rings. The highest BCUT2D eigenvalue weighted by Crippen LogP contribution is 2.17. The van der Waals surface area contributed by atoms with Gasteiger partial charge in [0, 0.05) is 17.8 Å². The third-order valence-electron chi connectivity index (χ3n) is 4.37. The summed E-state index contributed by atoms with van der Waals surface area (Å²) in [5.41, 5.74) is 3.12. The number of benzene rings is 3. The summed E-state index contributed by atoms with van der Waals surface area (Å²) in [5.74, 6) is -0.241. The van der Waals surface area contributed by atoms with Crippen LogP contribution in [0.3, 0.4) is 0 Å². The number of hydrogen-bond donors (Lipinski definition) is 2. The van der Waals surface area contributed by atoms with E-state index in [2.05, 4.69) is 10.0 Å². The molecule has 0 saturated heterocycles. The topological polar surface area (TPSA) is 75.3 Å². The van der Waals surface area contributed by atoms with Gasteiger partial charge in [-0.3, -0.25) is 9.52 Å². The second-order valence-electron chi connectivity index (χ2n) is 6.43. The van der Waals surface area contributed by atoms with Crippen LogP contribution in [-0.4, -0.2) is 20.9 Å². The second-order valence-corrected chi connectivity index (χ2v) is 8.11. The maximum Gasteiger partial charge on any atom is 0.261 e. The number of anilines is 1. The van der Waals surface area contributed by atoms with Crippen molar-refractivity contribution in [2.75, 3.05) is 11.3 Å². The van der Waals surface area contributed by atoms with E-state index in [1.807, 2.05) is 31.2 Å². The number of amides is 1. The summed E-state index contributed by atoms with van der Waals surface area (Å²) in [6.07, 6.45) is 0.735. The van der Waals surface area contributed by atoms with Gasteiger partial charge in [-0.25, -0.2) is 8.42 Å². The van der Waals surface area contributed by atoms with Gasteiger partial charge in [-0.15, -0.1) is 0 Å². The van der Waals surface area contributed by atoms with Crippen molar-refractivity contribution >= 4 is 21.6 Å². The zero-order valence-corrected chi connectivity index (χ0v) is 16.4. The van der Waals surface area contributed by atoms with E-state index in [9.17, 15) is 13.2 Å². The van der Waals surface area contributed by atoms with Crippen molar-refractivity contribution in [3.05, 3.63) is 95.6 Å². The number of rotatable bonds is 7. The molecular formula is C22H22N2O3S. The summed E-state index contributed by atoms with van der Waals surface area (Å²) < 4.78 is 27.4. The number of sulfonamides is 1. The molecule has 144 valence electrons. The number of hydrogen-bond acceptors (Lipinski definition) is 3. The van der Waals surface area contributed by atoms with Gasteiger partial charge in [0.1, 0.15) is 0 Å². The molecule has 0 bridgehead atoms. The van der Waals surface area contributed by atoms with Gasteiger partial charge in [0.25, 0.3) is 15.9 Å². The Hall–Kier alpha value is -3.12. The predicted molar refractivity (Wildman–Crippen MR) is 111 cm³/mol. The van der Waals surface area contributed by atoms with Crippen molar-refractivity contribution in [2.45, 2.75) is 18.2 Å². The van der Waals surface area contributed by atoms with Gasteiger partial charge in [-0.05, 0) is 54.8 Å². The van der Waals surface area contributed by atoms with E-state index in [1.165, 1.54) is 29.3 Å². The fourth-order valence-electron chi connectivity index (χ4n) is 2.84. The molecule has 0 aromatic heterocycles. The van der Waals surface area contributed by atoms with E-state index in [-0.39, 0.29) is 10.8 Å². The normalized spacial score (nSPS) is 11.0. The minimum Gasteiger partial charge on any atom is -0.352 e. The molecule has 28 heavy (non-hydrogen) atoms. The summed E-state index contributed by atoms with van der Waals surface area (Å²) in [5, 5.41) is 2.88. The van der Waals surface area contributed by atoms with Crippen molar-refractivity contribution in [3.8, 4) is 0 Å². The molecule has 0 radical (unpaired) electrons. The second kappa shape index (κ2) is 8.71. The molecule has 0 spiro atoms. The van der Waals surface area contributed by atoms with Crippen LogP contribution in [0, 0.1) is 6.92 Å². The summed E-state index contributed by atoms with van der Waals surface area (Å²) >= 11 is 0. The Morgan fingerprint density at radius 3 is 2.36 bits per heavy atom. The Balaban J connectivity index is 1.64. The minimum absolute atomic E-state index is 0.170. The molecule has 3 aromatic carbocycles. The van der Waals surface area contributed by atoms with Crippen molar-refractivity contribution < 1.29 is 13.2 Å². The van der Waals surface area contributed by atoms with E-state index in [4.69, 9.17) is 0 Å². The van der Waals surface area contributed by atoms with Crippen LogP contribution >= 0.6 is 0 Å². The average molecular weight is 394 g/mol. The highest BCUT2D eigenvalue weighted by Gasteiger charge is 2.14. The molecule has 1 amide bonds. The monoisotopic (exact) mass is 394 g/mol. The first-order valence-electron chi connectivity index (χ1n) is 8.96. The smallest absolute Gasteiger partial charge is 0.261 e. The van der Waals surface area contributed by atoms with Crippen LogP contribution in [0.2, 0.25) is 0 Å². The molecule has 0 atom stereocenters. The van der Waals surface area contributed by atoms with E-state index >= 15 is 0 Å². The number of carbonyl (C=O) groups excluding carboxylic acids is 1. The fraction of sp³-hybridized carbons (Fsp3) is 0.136. The summed E-state index contributed by atoms with van der Waals surface area (Å²) in [7, 11) is -3.70. The quantitative estimate of drug-likeness (QED) is 0.641. The lowest BCUT2D eigenvalue weighted by atomic mass is 10.1. The standard InChI is InChI=1S/C22H22N2O3S/c1-17-8-5-6-9-18(17)14-15-23-22(25)19-10-7-11-20(16-19)24-28(26,27)21-12-3-2-4-13-21/h2-13,16,24H,14-15H2,1H3,(H,23,25). The number of carbonyl (C=O) groups is 1. The summed E-state index contributed by atoms with van der Waals surface area (Å²) in [6, 6.07) is 22.6. The predicted octanol–water partition coefficient (Wildman–Crippen LogP) is 3.77. The lowest BCUT2D eigenvalue weighted by molar-refractivity contribution is 0.0954. The summed E-state index contributed by atoms with van der Waals surface area (Å²) in [4.78, 5) is 12.6. The molecule has 0 aliphatic carbocycles. The van der Waals surface area contributed by atoms with Gasteiger partial charge >= 0.3 is 0 Å². The molecular weight excluding hydrogens is 372 g/mol. The minimum atomic E-state index is -3.70. The number of aryl methyl sites for hydroxylation is 1. The van der Waals surface area contributed by atoms with Crippen molar-refractivity contribution in [2.24, 2.45) is 0 Å². The molecule has 3 rings (SSSR count). The molecule has 5 nitrogen and oxygen atoms in total. The lowest BCUT2D eigenvalue weighted by Gasteiger charge is -2.10. The van der Waals surface area contributed by atoms with Crippen LogP contribution in [0.4, 0.5) is 5.69 Å². The van der Waals surface area contributed by atoms with E-state index in [0.29, 0.717) is 17.8 Å². The van der Waals surface area contributed by atoms with Gasteiger partial charge in [-0.2, -0.15) is 0 Å². The van der Waals surface area contributed by atoms with E-state index in [0.717, 1.165) is 6.42 Å². The van der Waals surface area contributed by atoms with Crippen molar-refractivity contribution in [1.29, 1.82) is 0 Å². The highest BCUT2D eigenvalue weighted by atomic mass is 32.2. The van der Waals surface area contributed by atoms with Crippen molar-refractivity contribution in [1.82, 2.24) is 5.32 Å². The molecule has 6 heteroatoms. The fourth-order valence-corrected chi connectivity index (χ4v) is 3.91. The molecule has 0 heterocycles. The molecule has 0 aliphatic rings. The molecule has 0 unspecified atom stereocenters. The third kappa shape index (κ3) is 4.98. The zero-order chi connectivity index (χ0) is 20.0.